The zero-order chi connectivity index (χ0) is 22.4. The van der Waals surface area contributed by atoms with Crippen molar-refractivity contribution in [3.63, 3.8) is 0 Å². The third-order valence-corrected chi connectivity index (χ3v) is 4.40. The third kappa shape index (κ3) is 5.41. The lowest BCUT2D eigenvalue weighted by atomic mass is 10.0. The number of carbonyl (C=O) groups is 1. The van der Waals surface area contributed by atoms with Gasteiger partial charge >= 0.3 is 6.18 Å². The number of alkyl halides is 3. The third-order valence-electron chi connectivity index (χ3n) is 4.40. The number of nitrogens with one attached hydrogen (secondary N) is 2. The van der Waals surface area contributed by atoms with E-state index in [0.29, 0.717) is 17.1 Å². The lowest BCUT2D eigenvalue weighted by Gasteiger charge is -2.17. The topological polar surface area (TPSA) is 89.1 Å². The molecule has 0 radical (unpaired) electrons. The van der Waals surface area contributed by atoms with Crippen LogP contribution in [0.2, 0.25) is 0 Å². The number of ether oxygens (including phenoxy) is 2. The number of nitrogens with zero attached hydrogens (tertiary/aromatic N) is 2. The van der Waals surface area contributed by atoms with Crippen molar-refractivity contribution >= 4 is 12.0 Å². The largest absolute Gasteiger partial charge is 0.497 e. The van der Waals surface area contributed by atoms with E-state index in [-0.39, 0.29) is 11.4 Å². The second-order valence-corrected chi connectivity index (χ2v) is 6.38. The number of hydrogen-bond acceptors (Lipinski definition) is 5. The summed E-state index contributed by atoms with van der Waals surface area (Å²) in [5.41, 5.74) is -0.00800. The van der Waals surface area contributed by atoms with Crippen LogP contribution in [0.1, 0.15) is 28.6 Å². The Morgan fingerprint density at radius 3 is 2.61 bits per heavy atom. The van der Waals surface area contributed by atoms with E-state index in [9.17, 15) is 18.0 Å². The van der Waals surface area contributed by atoms with Crippen LogP contribution in [0, 0.1) is 0 Å². The molecule has 162 valence electrons. The van der Waals surface area contributed by atoms with E-state index in [1.54, 1.807) is 18.2 Å². The molecular weight excluding hydrogens is 413 g/mol. The molecule has 31 heavy (non-hydrogen) atoms. The van der Waals surface area contributed by atoms with Gasteiger partial charge in [-0.15, -0.1) is 0 Å². The normalized spacial score (nSPS) is 12.5. The van der Waals surface area contributed by atoms with Crippen LogP contribution in [-0.2, 0) is 11.0 Å². The van der Waals surface area contributed by atoms with Gasteiger partial charge in [-0.05, 0) is 35.9 Å². The molecule has 0 saturated heterocycles. The van der Waals surface area contributed by atoms with Crippen LogP contribution >= 0.6 is 0 Å². The Bertz CT molecular complexity index is 1070. The van der Waals surface area contributed by atoms with Crippen molar-refractivity contribution in [2.75, 3.05) is 14.2 Å². The average Bonchev–Trinajstić information content (AvgIpc) is 3.30. The van der Waals surface area contributed by atoms with Crippen LogP contribution in [0.5, 0.6) is 11.5 Å². The van der Waals surface area contributed by atoms with Gasteiger partial charge in [0.25, 0.3) is 0 Å². The molecule has 0 spiro atoms. The predicted molar refractivity (Wildman–Crippen MR) is 106 cm³/mol. The Morgan fingerprint density at radius 1 is 1.16 bits per heavy atom. The van der Waals surface area contributed by atoms with E-state index in [2.05, 4.69) is 20.5 Å². The van der Waals surface area contributed by atoms with Crippen LogP contribution in [-0.4, -0.2) is 35.3 Å². The minimum Gasteiger partial charge on any atom is -0.497 e. The van der Waals surface area contributed by atoms with Gasteiger partial charge in [0.15, 0.2) is 5.82 Å². The first kappa shape index (κ1) is 21.9. The minimum absolute atomic E-state index is 0.197. The van der Waals surface area contributed by atoms with Gasteiger partial charge in [0.1, 0.15) is 23.9 Å². The molecule has 1 atom stereocenters. The molecule has 7 nitrogen and oxygen atoms in total. The van der Waals surface area contributed by atoms with Gasteiger partial charge in [0.05, 0.1) is 19.8 Å². The summed E-state index contributed by atoms with van der Waals surface area (Å²) >= 11 is 0. The lowest BCUT2D eigenvalue weighted by Crippen LogP contribution is -2.29. The molecule has 0 aliphatic rings. The monoisotopic (exact) mass is 432 g/mol. The quantitative estimate of drug-likeness (QED) is 0.555. The Labute approximate surface area is 175 Å². The van der Waals surface area contributed by atoms with Crippen molar-refractivity contribution in [1.82, 2.24) is 20.5 Å². The molecule has 0 bridgehead atoms. The van der Waals surface area contributed by atoms with Crippen molar-refractivity contribution in [2.45, 2.75) is 12.2 Å². The van der Waals surface area contributed by atoms with Crippen LogP contribution in [0.25, 0.3) is 6.08 Å². The summed E-state index contributed by atoms with van der Waals surface area (Å²) in [6.45, 7) is 0. The molecular formula is C21H19F3N4O3. The first-order valence-electron chi connectivity index (χ1n) is 9.05. The summed E-state index contributed by atoms with van der Waals surface area (Å²) in [4.78, 5) is 16.5. The fourth-order valence-electron chi connectivity index (χ4n) is 2.87. The highest BCUT2D eigenvalue weighted by Crippen LogP contribution is 2.31. The average molecular weight is 432 g/mol. The number of aromatic amines is 1. The molecule has 2 aromatic carbocycles. The van der Waals surface area contributed by atoms with E-state index in [0.717, 1.165) is 12.1 Å². The highest BCUT2D eigenvalue weighted by atomic mass is 19.4. The van der Waals surface area contributed by atoms with E-state index < -0.39 is 23.7 Å². The van der Waals surface area contributed by atoms with Gasteiger partial charge in [-0.2, -0.15) is 18.3 Å². The molecule has 1 unspecified atom stereocenters. The summed E-state index contributed by atoms with van der Waals surface area (Å²) in [5.74, 6) is 0.737. The Kier molecular flexibility index (Phi) is 6.58. The van der Waals surface area contributed by atoms with Crippen LogP contribution < -0.4 is 14.8 Å². The molecule has 2 N–H and O–H groups in total. The molecule has 1 aromatic heterocycles. The minimum atomic E-state index is -4.52. The number of halogens is 3. The molecule has 0 aliphatic carbocycles. The molecule has 3 rings (SSSR count). The van der Waals surface area contributed by atoms with Crippen molar-refractivity contribution in [1.29, 1.82) is 0 Å². The van der Waals surface area contributed by atoms with Gasteiger partial charge in [0, 0.05) is 17.7 Å². The number of benzene rings is 2. The summed E-state index contributed by atoms with van der Waals surface area (Å²) < 4.78 is 49.8. The lowest BCUT2D eigenvalue weighted by molar-refractivity contribution is -0.137. The zero-order valence-electron chi connectivity index (χ0n) is 16.6. The predicted octanol–water partition coefficient (Wildman–Crippen LogP) is 3.76. The molecule has 3 aromatic rings. The molecule has 0 saturated carbocycles. The van der Waals surface area contributed by atoms with E-state index in [1.807, 2.05) is 0 Å². The molecule has 0 fully saturated rings. The first-order valence-corrected chi connectivity index (χ1v) is 9.05. The van der Waals surface area contributed by atoms with Gasteiger partial charge in [-0.25, -0.2) is 4.98 Å². The smallest absolute Gasteiger partial charge is 0.416 e. The highest BCUT2D eigenvalue weighted by Gasteiger charge is 2.31. The summed E-state index contributed by atoms with van der Waals surface area (Å²) in [6.07, 6.45) is -0.532. The fraction of sp³-hybridized carbons (Fsp3) is 0.190. The molecule has 1 amide bonds. The number of aromatic nitrogens is 3. The van der Waals surface area contributed by atoms with Crippen molar-refractivity contribution in [2.24, 2.45) is 0 Å². The SMILES string of the molecule is COc1ccc(/C=C/C(=O)NC(c2cccc(C(F)(F)F)c2)c2ncn[nH]2)c(OC)c1. The Balaban J connectivity index is 1.85. The summed E-state index contributed by atoms with van der Waals surface area (Å²) in [7, 11) is 3.01. The number of hydrogen-bond donors (Lipinski definition) is 2. The second-order valence-electron chi connectivity index (χ2n) is 6.38. The van der Waals surface area contributed by atoms with Gasteiger partial charge < -0.3 is 14.8 Å². The fourth-order valence-corrected chi connectivity index (χ4v) is 2.87. The maximum atomic E-state index is 13.1. The van der Waals surface area contributed by atoms with E-state index in [4.69, 9.17) is 9.47 Å². The Morgan fingerprint density at radius 2 is 1.97 bits per heavy atom. The van der Waals surface area contributed by atoms with Crippen LogP contribution in [0.15, 0.2) is 54.9 Å². The molecule has 1 heterocycles. The maximum absolute atomic E-state index is 13.1. The number of methoxy groups -OCH3 is 2. The number of rotatable bonds is 7. The van der Waals surface area contributed by atoms with Crippen LogP contribution in [0.3, 0.4) is 0 Å². The summed E-state index contributed by atoms with van der Waals surface area (Å²) in [6, 6.07) is 8.78. The van der Waals surface area contributed by atoms with Crippen LogP contribution in [0.4, 0.5) is 13.2 Å². The molecule has 10 heteroatoms. The van der Waals surface area contributed by atoms with Gasteiger partial charge in [-0.3, -0.25) is 9.89 Å². The Hall–Kier alpha value is -3.82. The molecule has 0 aliphatic heterocycles. The second kappa shape index (κ2) is 9.33. The standard InChI is InChI=1S/C21H19F3N4O3/c1-30-16-8-6-13(17(11-16)31-2)7-9-18(29)27-19(20-25-12-26-28-20)14-4-3-5-15(10-14)21(22,23)24/h3-12,19H,1-2H3,(H,27,29)(H,25,26,28)/b9-7+. The van der Waals surface area contributed by atoms with Crippen molar-refractivity contribution in [3.05, 3.63) is 77.4 Å². The van der Waals surface area contributed by atoms with Gasteiger partial charge in [0.2, 0.25) is 5.91 Å². The van der Waals surface area contributed by atoms with Crippen molar-refractivity contribution < 1.29 is 27.4 Å². The summed E-state index contributed by atoms with van der Waals surface area (Å²) in [5, 5.41) is 8.96. The number of amides is 1. The maximum Gasteiger partial charge on any atom is 0.416 e. The van der Waals surface area contributed by atoms with Gasteiger partial charge in [-0.1, -0.05) is 12.1 Å². The zero-order valence-corrected chi connectivity index (χ0v) is 16.6. The number of carbonyl (C=O) groups excluding carboxylic acids is 1. The van der Waals surface area contributed by atoms with E-state index >= 15 is 0 Å². The first-order chi connectivity index (χ1) is 14.8. The highest BCUT2D eigenvalue weighted by molar-refractivity contribution is 5.92. The van der Waals surface area contributed by atoms with Crippen molar-refractivity contribution in [3.8, 4) is 11.5 Å². The number of H-pyrrole nitrogens is 1. The van der Waals surface area contributed by atoms with E-state index in [1.165, 1.54) is 44.8 Å².